The summed E-state index contributed by atoms with van der Waals surface area (Å²) in [6.45, 7) is 1.34. The van der Waals surface area contributed by atoms with E-state index in [2.05, 4.69) is 5.32 Å². The zero-order valence-corrected chi connectivity index (χ0v) is 14.7. The number of hydrogen-bond donors (Lipinski definition) is 1. The van der Waals surface area contributed by atoms with E-state index >= 15 is 0 Å². The molecule has 4 rings (SSSR count). The molecule has 1 amide bonds. The van der Waals surface area contributed by atoms with Crippen molar-refractivity contribution in [3.05, 3.63) is 59.9 Å². The number of ether oxygens (including phenoxy) is 2. The average molecular weight is 355 g/mol. The first-order valence-corrected chi connectivity index (χ1v) is 8.95. The topological polar surface area (TPSA) is 47.6 Å². The van der Waals surface area contributed by atoms with Crippen LogP contribution in [0.5, 0.6) is 0 Å². The molecule has 1 heterocycles. The third kappa shape index (κ3) is 3.13. The number of hydrogen-bond acceptors (Lipinski definition) is 3. The van der Waals surface area contributed by atoms with Crippen LogP contribution in [-0.4, -0.2) is 38.4 Å². The van der Waals surface area contributed by atoms with Gasteiger partial charge in [0.25, 0.3) is 5.91 Å². The van der Waals surface area contributed by atoms with E-state index in [1.54, 1.807) is 25.3 Å². The molecule has 1 aliphatic heterocycles. The second kappa shape index (κ2) is 7.17. The summed E-state index contributed by atoms with van der Waals surface area (Å²) in [5.41, 5.74) is 2.27. The van der Waals surface area contributed by atoms with E-state index in [0.717, 1.165) is 24.2 Å². The highest BCUT2D eigenvalue weighted by Gasteiger charge is 2.54. The highest BCUT2D eigenvalue weighted by atomic mass is 19.1. The molecule has 1 saturated carbocycles. The van der Waals surface area contributed by atoms with E-state index in [0.29, 0.717) is 18.1 Å². The van der Waals surface area contributed by atoms with Crippen LogP contribution < -0.4 is 5.32 Å². The van der Waals surface area contributed by atoms with Crippen LogP contribution in [0.4, 0.5) is 4.39 Å². The predicted molar refractivity (Wildman–Crippen MR) is 96.3 cm³/mol. The first kappa shape index (κ1) is 17.2. The SMILES string of the molecule is COC[C@@H]1[C@H](NC(=O)c2ccc(-c3cccc(F)c3)cc2)[C@@H]2CCO[C@H]12. The largest absolute Gasteiger partial charge is 0.384 e. The summed E-state index contributed by atoms with van der Waals surface area (Å²) in [5.74, 6) is 0.229. The lowest BCUT2D eigenvalue weighted by molar-refractivity contribution is -0.0809. The van der Waals surface area contributed by atoms with Gasteiger partial charge in [-0.05, 0) is 41.8 Å². The summed E-state index contributed by atoms with van der Waals surface area (Å²) in [4.78, 5) is 12.6. The maximum absolute atomic E-state index is 13.4. The van der Waals surface area contributed by atoms with E-state index in [9.17, 15) is 9.18 Å². The summed E-state index contributed by atoms with van der Waals surface area (Å²) in [7, 11) is 1.67. The quantitative estimate of drug-likeness (QED) is 0.895. The lowest BCUT2D eigenvalue weighted by Gasteiger charge is -2.47. The second-order valence-corrected chi connectivity index (χ2v) is 6.99. The Bertz CT molecular complexity index is 792. The van der Waals surface area contributed by atoms with Gasteiger partial charge in [-0.25, -0.2) is 4.39 Å². The fraction of sp³-hybridized carbons (Fsp3) is 0.381. The minimum atomic E-state index is -0.271. The van der Waals surface area contributed by atoms with Gasteiger partial charge in [-0.1, -0.05) is 24.3 Å². The molecule has 4 atom stereocenters. The van der Waals surface area contributed by atoms with E-state index in [1.807, 2.05) is 18.2 Å². The molecule has 1 aliphatic carbocycles. The van der Waals surface area contributed by atoms with Gasteiger partial charge in [0, 0.05) is 37.2 Å². The Kier molecular flexibility index (Phi) is 4.74. The predicted octanol–water partition coefficient (Wildman–Crippen LogP) is 3.27. The molecule has 2 aromatic rings. The molecule has 0 spiro atoms. The Labute approximate surface area is 152 Å². The number of halogens is 1. The first-order chi connectivity index (χ1) is 12.7. The van der Waals surface area contributed by atoms with Crippen molar-refractivity contribution in [1.82, 2.24) is 5.32 Å². The molecule has 2 fully saturated rings. The molecule has 0 radical (unpaired) electrons. The number of carbonyl (C=O) groups excluding carboxylic acids is 1. The second-order valence-electron chi connectivity index (χ2n) is 6.99. The van der Waals surface area contributed by atoms with Crippen LogP contribution in [0.25, 0.3) is 11.1 Å². The van der Waals surface area contributed by atoms with Gasteiger partial charge in [-0.3, -0.25) is 4.79 Å². The Morgan fingerprint density at radius 2 is 2.04 bits per heavy atom. The number of benzene rings is 2. The number of rotatable bonds is 5. The van der Waals surface area contributed by atoms with Crippen molar-refractivity contribution in [3.8, 4) is 11.1 Å². The number of nitrogens with one attached hydrogen (secondary N) is 1. The molecule has 1 N–H and O–H groups in total. The van der Waals surface area contributed by atoms with Crippen molar-refractivity contribution in [1.29, 1.82) is 0 Å². The molecule has 136 valence electrons. The van der Waals surface area contributed by atoms with Gasteiger partial charge in [-0.15, -0.1) is 0 Å². The molecule has 2 aliphatic rings. The zero-order chi connectivity index (χ0) is 18.1. The summed E-state index contributed by atoms with van der Waals surface area (Å²) < 4.78 is 24.4. The molecule has 5 heteroatoms. The summed E-state index contributed by atoms with van der Waals surface area (Å²) in [5, 5.41) is 3.15. The van der Waals surface area contributed by atoms with Gasteiger partial charge in [0.05, 0.1) is 12.7 Å². The Balaban J connectivity index is 1.45. The van der Waals surface area contributed by atoms with E-state index < -0.39 is 0 Å². The fourth-order valence-corrected chi connectivity index (χ4v) is 4.15. The van der Waals surface area contributed by atoms with Crippen LogP contribution >= 0.6 is 0 Å². The molecule has 0 bridgehead atoms. The Hall–Kier alpha value is -2.24. The zero-order valence-electron chi connectivity index (χ0n) is 14.7. The maximum atomic E-state index is 13.4. The third-order valence-electron chi connectivity index (χ3n) is 5.49. The monoisotopic (exact) mass is 355 g/mol. The standard InChI is InChI=1S/C21H22FNO3/c1-25-12-18-19(17-9-10-26-20(17)18)23-21(24)14-7-5-13(6-8-14)15-3-2-4-16(22)11-15/h2-8,11,17-20H,9-10,12H2,1H3,(H,23,24)/t17-,18+,19+,20-/m0/s1. The van der Waals surface area contributed by atoms with Crippen LogP contribution in [0.2, 0.25) is 0 Å². The van der Waals surface area contributed by atoms with Crippen molar-refractivity contribution < 1.29 is 18.7 Å². The minimum absolute atomic E-state index is 0.0905. The smallest absolute Gasteiger partial charge is 0.251 e. The van der Waals surface area contributed by atoms with Crippen LogP contribution in [-0.2, 0) is 9.47 Å². The summed E-state index contributed by atoms with van der Waals surface area (Å²) in [6.07, 6.45) is 1.18. The highest BCUT2D eigenvalue weighted by Crippen LogP contribution is 2.43. The van der Waals surface area contributed by atoms with Gasteiger partial charge in [-0.2, -0.15) is 0 Å². The Morgan fingerprint density at radius 3 is 2.77 bits per heavy atom. The number of methoxy groups -OCH3 is 1. The van der Waals surface area contributed by atoms with Crippen LogP contribution in [0, 0.1) is 17.7 Å². The van der Waals surface area contributed by atoms with Crippen LogP contribution in [0.1, 0.15) is 16.8 Å². The Morgan fingerprint density at radius 1 is 1.23 bits per heavy atom. The minimum Gasteiger partial charge on any atom is -0.384 e. The van der Waals surface area contributed by atoms with E-state index in [-0.39, 0.29) is 29.8 Å². The van der Waals surface area contributed by atoms with E-state index in [4.69, 9.17) is 9.47 Å². The summed E-state index contributed by atoms with van der Waals surface area (Å²) in [6, 6.07) is 13.8. The van der Waals surface area contributed by atoms with Crippen molar-refractivity contribution in [2.75, 3.05) is 20.3 Å². The molecule has 2 aromatic carbocycles. The molecule has 0 aromatic heterocycles. The molecular weight excluding hydrogens is 333 g/mol. The van der Waals surface area contributed by atoms with E-state index in [1.165, 1.54) is 12.1 Å². The van der Waals surface area contributed by atoms with Crippen LogP contribution in [0.3, 0.4) is 0 Å². The third-order valence-corrected chi connectivity index (χ3v) is 5.49. The van der Waals surface area contributed by atoms with Gasteiger partial charge in [0.1, 0.15) is 5.82 Å². The molecule has 4 nitrogen and oxygen atoms in total. The summed E-state index contributed by atoms with van der Waals surface area (Å²) >= 11 is 0. The molecule has 26 heavy (non-hydrogen) atoms. The van der Waals surface area contributed by atoms with Gasteiger partial charge in [0.2, 0.25) is 0 Å². The van der Waals surface area contributed by atoms with Gasteiger partial charge >= 0.3 is 0 Å². The number of fused-ring (bicyclic) bond motifs is 1. The van der Waals surface area contributed by atoms with Crippen molar-refractivity contribution >= 4 is 5.91 Å². The lowest BCUT2D eigenvalue weighted by atomic mass is 9.67. The maximum Gasteiger partial charge on any atom is 0.251 e. The van der Waals surface area contributed by atoms with Crippen molar-refractivity contribution in [2.45, 2.75) is 18.6 Å². The van der Waals surface area contributed by atoms with Crippen molar-refractivity contribution in [2.24, 2.45) is 11.8 Å². The molecule has 0 unspecified atom stereocenters. The van der Waals surface area contributed by atoms with Crippen molar-refractivity contribution in [3.63, 3.8) is 0 Å². The van der Waals surface area contributed by atoms with Crippen LogP contribution in [0.15, 0.2) is 48.5 Å². The molecular formula is C21H22FNO3. The van der Waals surface area contributed by atoms with Gasteiger partial charge in [0.15, 0.2) is 0 Å². The number of amides is 1. The highest BCUT2D eigenvalue weighted by molar-refractivity contribution is 5.95. The molecule has 1 saturated heterocycles. The fourth-order valence-electron chi connectivity index (χ4n) is 4.15. The normalized spacial score (nSPS) is 26.8. The average Bonchev–Trinajstić information content (AvgIpc) is 3.08. The first-order valence-electron chi connectivity index (χ1n) is 8.95. The lowest BCUT2D eigenvalue weighted by Crippen LogP contribution is -2.62. The number of carbonyl (C=O) groups is 1. The van der Waals surface area contributed by atoms with Gasteiger partial charge < -0.3 is 14.8 Å².